The van der Waals surface area contributed by atoms with Crippen molar-refractivity contribution in [2.45, 2.75) is 63.7 Å². The highest BCUT2D eigenvalue weighted by molar-refractivity contribution is 6.34. The summed E-state index contributed by atoms with van der Waals surface area (Å²) >= 11 is 6.07. The summed E-state index contributed by atoms with van der Waals surface area (Å²) in [5, 5.41) is -0.317. The third-order valence-corrected chi connectivity index (χ3v) is 4.53. The number of aryl methyl sites for hydroxylation is 1. The van der Waals surface area contributed by atoms with E-state index in [0.717, 1.165) is 36.8 Å². The van der Waals surface area contributed by atoms with Crippen molar-refractivity contribution in [2.75, 3.05) is 0 Å². The SMILES string of the molecule is CCCCCCc1cccc(C=C2CCCC(Cl)C2=O)c1. The maximum absolute atomic E-state index is 12.1. The Kier molecular flexibility index (Phi) is 6.50. The van der Waals surface area contributed by atoms with E-state index in [1.807, 2.05) is 6.08 Å². The summed E-state index contributed by atoms with van der Waals surface area (Å²) in [6, 6.07) is 8.56. The van der Waals surface area contributed by atoms with Gasteiger partial charge in [-0.3, -0.25) is 4.79 Å². The van der Waals surface area contributed by atoms with Crippen LogP contribution in [-0.4, -0.2) is 11.2 Å². The van der Waals surface area contributed by atoms with Crippen LogP contribution in [0.4, 0.5) is 0 Å². The van der Waals surface area contributed by atoms with E-state index in [4.69, 9.17) is 11.6 Å². The number of benzene rings is 1. The zero-order chi connectivity index (χ0) is 15.1. The largest absolute Gasteiger partial charge is 0.293 e. The van der Waals surface area contributed by atoms with Crippen LogP contribution in [0.2, 0.25) is 0 Å². The number of rotatable bonds is 6. The van der Waals surface area contributed by atoms with Crippen molar-refractivity contribution in [2.24, 2.45) is 0 Å². The minimum atomic E-state index is -0.317. The molecule has 1 saturated carbocycles. The van der Waals surface area contributed by atoms with E-state index in [1.165, 1.54) is 31.2 Å². The molecule has 0 N–H and O–H groups in total. The lowest BCUT2D eigenvalue weighted by molar-refractivity contribution is -0.116. The maximum Gasteiger partial charge on any atom is 0.176 e. The highest BCUT2D eigenvalue weighted by atomic mass is 35.5. The third kappa shape index (κ3) is 5.00. The fourth-order valence-electron chi connectivity index (χ4n) is 2.87. The molecule has 0 saturated heterocycles. The summed E-state index contributed by atoms with van der Waals surface area (Å²) in [5.74, 6) is 0.122. The van der Waals surface area contributed by atoms with Crippen LogP contribution in [0.25, 0.3) is 6.08 Å². The summed E-state index contributed by atoms with van der Waals surface area (Å²) in [4.78, 5) is 12.1. The van der Waals surface area contributed by atoms with E-state index < -0.39 is 0 Å². The molecule has 1 aromatic carbocycles. The van der Waals surface area contributed by atoms with Crippen molar-refractivity contribution in [1.29, 1.82) is 0 Å². The maximum atomic E-state index is 12.1. The number of allylic oxidation sites excluding steroid dienone is 1. The first-order chi connectivity index (χ1) is 10.2. The molecule has 1 aliphatic rings. The van der Waals surface area contributed by atoms with Gasteiger partial charge in [-0.1, -0.05) is 50.5 Å². The fourth-order valence-corrected chi connectivity index (χ4v) is 3.16. The molecule has 0 amide bonds. The van der Waals surface area contributed by atoms with Gasteiger partial charge in [0.05, 0.1) is 5.38 Å². The second-order valence-electron chi connectivity index (χ2n) is 5.95. The van der Waals surface area contributed by atoms with Gasteiger partial charge in [-0.2, -0.15) is 0 Å². The molecule has 0 heterocycles. The molecular weight excluding hydrogens is 280 g/mol. The summed E-state index contributed by atoms with van der Waals surface area (Å²) in [5.41, 5.74) is 3.40. The summed E-state index contributed by atoms with van der Waals surface area (Å²) in [6.07, 6.45) is 11.0. The Labute approximate surface area is 133 Å². The first-order valence-corrected chi connectivity index (χ1v) is 8.62. The number of carbonyl (C=O) groups is 1. The molecule has 2 rings (SSSR count). The van der Waals surface area contributed by atoms with E-state index in [2.05, 4.69) is 31.2 Å². The van der Waals surface area contributed by atoms with Gasteiger partial charge in [-0.15, -0.1) is 11.6 Å². The average Bonchev–Trinajstić information content (AvgIpc) is 2.49. The average molecular weight is 305 g/mol. The fraction of sp³-hybridized carbons (Fsp3) is 0.526. The van der Waals surface area contributed by atoms with Gasteiger partial charge in [-0.25, -0.2) is 0 Å². The molecule has 1 unspecified atom stereocenters. The van der Waals surface area contributed by atoms with Gasteiger partial charge in [0.25, 0.3) is 0 Å². The zero-order valence-electron chi connectivity index (χ0n) is 12.9. The molecule has 0 aromatic heterocycles. The van der Waals surface area contributed by atoms with Crippen LogP contribution in [0.3, 0.4) is 0 Å². The lowest BCUT2D eigenvalue weighted by Gasteiger charge is -2.17. The van der Waals surface area contributed by atoms with E-state index in [0.29, 0.717) is 0 Å². The molecule has 1 atom stereocenters. The number of alkyl halides is 1. The van der Waals surface area contributed by atoms with E-state index in [-0.39, 0.29) is 11.2 Å². The molecule has 0 bridgehead atoms. The Bertz CT molecular complexity index is 504. The minimum absolute atomic E-state index is 0.122. The number of ketones is 1. The Morgan fingerprint density at radius 3 is 2.95 bits per heavy atom. The Morgan fingerprint density at radius 2 is 2.14 bits per heavy atom. The van der Waals surface area contributed by atoms with Gasteiger partial charge < -0.3 is 0 Å². The topological polar surface area (TPSA) is 17.1 Å². The number of hydrogen-bond donors (Lipinski definition) is 0. The van der Waals surface area contributed by atoms with Crippen molar-refractivity contribution in [3.8, 4) is 0 Å². The predicted molar refractivity (Wildman–Crippen MR) is 90.8 cm³/mol. The summed E-state index contributed by atoms with van der Waals surface area (Å²) in [7, 11) is 0. The molecule has 1 aliphatic carbocycles. The molecule has 1 fully saturated rings. The number of carbonyl (C=O) groups excluding carboxylic acids is 1. The van der Waals surface area contributed by atoms with Crippen LogP contribution in [0.5, 0.6) is 0 Å². The van der Waals surface area contributed by atoms with Crippen LogP contribution in [0.1, 0.15) is 63.0 Å². The van der Waals surface area contributed by atoms with Gasteiger partial charge in [0.2, 0.25) is 0 Å². The van der Waals surface area contributed by atoms with Gasteiger partial charge in [0.15, 0.2) is 5.78 Å². The van der Waals surface area contributed by atoms with Gasteiger partial charge >= 0.3 is 0 Å². The monoisotopic (exact) mass is 304 g/mol. The molecule has 1 aromatic rings. The second-order valence-corrected chi connectivity index (χ2v) is 6.48. The minimum Gasteiger partial charge on any atom is -0.293 e. The third-order valence-electron chi connectivity index (χ3n) is 4.12. The molecule has 1 nitrogen and oxygen atoms in total. The summed E-state index contributed by atoms with van der Waals surface area (Å²) < 4.78 is 0. The number of unbranched alkanes of at least 4 members (excludes halogenated alkanes) is 3. The quantitative estimate of drug-likeness (QED) is 0.382. The van der Waals surface area contributed by atoms with E-state index >= 15 is 0 Å². The highest BCUT2D eigenvalue weighted by Gasteiger charge is 2.24. The standard InChI is InChI=1S/C19H25ClO/c1-2-3-4-5-8-15-9-6-10-16(13-15)14-17-11-7-12-18(20)19(17)21/h6,9-10,13-14,18H,2-5,7-8,11-12H2,1H3. The van der Waals surface area contributed by atoms with Gasteiger partial charge in [-0.05, 0) is 54.9 Å². The molecule has 0 aliphatic heterocycles. The second kappa shape index (κ2) is 8.38. The number of hydrogen-bond acceptors (Lipinski definition) is 1. The van der Waals surface area contributed by atoms with Crippen LogP contribution in [0.15, 0.2) is 29.8 Å². The Hall–Kier alpha value is -1.08. The Morgan fingerprint density at radius 1 is 1.29 bits per heavy atom. The highest BCUT2D eigenvalue weighted by Crippen LogP contribution is 2.26. The molecular formula is C19H25ClO. The first kappa shape index (κ1) is 16.3. The van der Waals surface area contributed by atoms with Crippen LogP contribution in [-0.2, 0) is 11.2 Å². The molecule has 0 spiro atoms. The smallest absolute Gasteiger partial charge is 0.176 e. The Balaban J connectivity index is 2.01. The zero-order valence-corrected chi connectivity index (χ0v) is 13.7. The molecule has 0 radical (unpaired) electrons. The molecule has 21 heavy (non-hydrogen) atoms. The molecule has 2 heteroatoms. The number of halogens is 1. The van der Waals surface area contributed by atoms with Gasteiger partial charge in [0.1, 0.15) is 0 Å². The van der Waals surface area contributed by atoms with Crippen molar-refractivity contribution >= 4 is 23.5 Å². The van der Waals surface area contributed by atoms with Crippen molar-refractivity contribution in [3.63, 3.8) is 0 Å². The summed E-state index contributed by atoms with van der Waals surface area (Å²) in [6.45, 7) is 2.23. The van der Waals surface area contributed by atoms with E-state index in [9.17, 15) is 4.79 Å². The number of Topliss-reactive ketones (excluding diaryl/α,β-unsaturated/α-hetero) is 1. The lowest BCUT2D eigenvalue weighted by atomic mass is 9.91. The van der Waals surface area contributed by atoms with Crippen LogP contribution >= 0.6 is 11.6 Å². The van der Waals surface area contributed by atoms with Crippen LogP contribution < -0.4 is 0 Å². The van der Waals surface area contributed by atoms with Crippen molar-refractivity contribution in [3.05, 3.63) is 41.0 Å². The predicted octanol–water partition coefficient (Wildman–Crippen LogP) is 5.55. The lowest BCUT2D eigenvalue weighted by Crippen LogP contribution is -2.21. The van der Waals surface area contributed by atoms with E-state index in [1.54, 1.807) is 0 Å². The van der Waals surface area contributed by atoms with Crippen molar-refractivity contribution < 1.29 is 4.79 Å². The molecule has 114 valence electrons. The van der Waals surface area contributed by atoms with Crippen LogP contribution in [0, 0.1) is 0 Å². The normalized spacial score (nSPS) is 21.0. The van der Waals surface area contributed by atoms with Gasteiger partial charge in [0, 0.05) is 0 Å². The first-order valence-electron chi connectivity index (χ1n) is 8.18. The van der Waals surface area contributed by atoms with Crippen molar-refractivity contribution in [1.82, 2.24) is 0 Å².